The van der Waals surface area contributed by atoms with Gasteiger partial charge in [0.15, 0.2) is 5.13 Å². The van der Waals surface area contributed by atoms with Crippen molar-refractivity contribution in [3.05, 3.63) is 59.5 Å². The molecule has 164 valence electrons. The second-order valence-corrected chi connectivity index (χ2v) is 10.0. The average Bonchev–Trinajstić information content (AvgIpc) is 3.34. The van der Waals surface area contributed by atoms with Crippen molar-refractivity contribution < 1.29 is 9.18 Å². The third-order valence-electron chi connectivity index (χ3n) is 5.47. The number of fused-ring (bicyclic) bond motifs is 1. The van der Waals surface area contributed by atoms with Crippen LogP contribution in [-0.2, 0) is 0 Å². The van der Waals surface area contributed by atoms with Crippen LogP contribution < -0.4 is 10.6 Å². The average molecular weight is 468 g/mol. The van der Waals surface area contributed by atoms with Crippen LogP contribution in [0.2, 0.25) is 0 Å². The first kappa shape index (κ1) is 21.0. The van der Waals surface area contributed by atoms with E-state index in [1.54, 1.807) is 17.4 Å². The van der Waals surface area contributed by atoms with Crippen LogP contribution in [0.3, 0.4) is 0 Å². The van der Waals surface area contributed by atoms with Gasteiger partial charge in [-0.3, -0.25) is 4.79 Å². The maximum absolute atomic E-state index is 13.0. The van der Waals surface area contributed by atoms with Crippen LogP contribution in [0.15, 0.2) is 48.7 Å². The monoisotopic (exact) mass is 467 g/mol. The van der Waals surface area contributed by atoms with Crippen LogP contribution in [0, 0.1) is 5.95 Å². The number of rotatable bonds is 5. The van der Waals surface area contributed by atoms with Gasteiger partial charge in [-0.25, -0.2) is 9.97 Å². The normalized spacial score (nSPS) is 16.9. The molecule has 1 aromatic carbocycles. The molecule has 1 aliphatic heterocycles. The van der Waals surface area contributed by atoms with Crippen molar-refractivity contribution in [1.82, 2.24) is 14.9 Å². The number of benzene rings is 1. The Morgan fingerprint density at radius 2 is 1.97 bits per heavy atom. The second-order valence-electron chi connectivity index (χ2n) is 7.95. The number of carbonyl (C=O) groups is 1. The molecule has 5 rings (SSSR count). The van der Waals surface area contributed by atoms with Crippen molar-refractivity contribution in [1.29, 1.82) is 0 Å². The Morgan fingerprint density at radius 1 is 1.16 bits per heavy atom. The molecule has 1 amide bonds. The SMILES string of the molecule is CN1CCCC(Nc2nc3sc(C(=O)Nc4ccc(-c5ccc(F)nc5)cc4)cc3s2)C1. The number of carbonyl (C=O) groups excluding carboxylic acids is 1. The van der Waals surface area contributed by atoms with Crippen LogP contribution >= 0.6 is 22.7 Å². The number of aromatic nitrogens is 2. The third-order valence-corrected chi connectivity index (χ3v) is 7.56. The molecule has 1 atom stereocenters. The van der Waals surface area contributed by atoms with Crippen molar-refractivity contribution in [3.8, 4) is 11.1 Å². The Labute approximate surface area is 193 Å². The van der Waals surface area contributed by atoms with Gasteiger partial charge in [0, 0.05) is 30.0 Å². The van der Waals surface area contributed by atoms with Gasteiger partial charge in [-0.05, 0) is 62.3 Å². The van der Waals surface area contributed by atoms with Gasteiger partial charge in [0.05, 0.1) is 9.58 Å². The molecule has 0 aliphatic carbocycles. The Balaban J connectivity index is 1.23. The number of nitrogens with one attached hydrogen (secondary N) is 2. The molecule has 9 heteroatoms. The summed E-state index contributed by atoms with van der Waals surface area (Å²) in [6.07, 6.45) is 3.84. The lowest BCUT2D eigenvalue weighted by molar-refractivity contribution is 0.103. The Morgan fingerprint density at radius 3 is 2.69 bits per heavy atom. The molecule has 0 spiro atoms. The summed E-state index contributed by atoms with van der Waals surface area (Å²) < 4.78 is 14.0. The molecule has 2 N–H and O–H groups in total. The Bertz CT molecular complexity index is 1200. The Hall–Kier alpha value is -2.88. The number of likely N-dealkylation sites (tertiary alicyclic amines) is 1. The van der Waals surface area contributed by atoms with Gasteiger partial charge in [-0.2, -0.15) is 4.39 Å². The maximum Gasteiger partial charge on any atom is 0.265 e. The lowest BCUT2D eigenvalue weighted by Crippen LogP contribution is -2.39. The second kappa shape index (κ2) is 8.93. The quantitative estimate of drug-likeness (QED) is 0.389. The number of hydrogen-bond acceptors (Lipinski definition) is 7. The number of pyridine rings is 1. The number of nitrogens with zero attached hydrogens (tertiary/aromatic N) is 3. The number of likely N-dealkylation sites (N-methyl/N-ethyl adjacent to an activating group) is 1. The summed E-state index contributed by atoms with van der Waals surface area (Å²) in [5.74, 6) is -0.660. The first-order valence-corrected chi connectivity index (χ1v) is 12.1. The van der Waals surface area contributed by atoms with Crippen molar-refractivity contribution in [2.75, 3.05) is 30.8 Å². The summed E-state index contributed by atoms with van der Waals surface area (Å²) in [5, 5.41) is 7.40. The van der Waals surface area contributed by atoms with E-state index < -0.39 is 5.95 Å². The van der Waals surface area contributed by atoms with Crippen LogP contribution in [-0.4, -0.2) is 47.0 Å². The van der Waals surface area contributed by atoms with Gasteiger partial charge < -0.3 is 15.5 Å². The summed E-state index contributed by atoms with van der Waals surface area (Å²) in [4.78, 5) is 24.9. The van der Waals surface area contributed by atoms with Crippen LogP contribution in [0.1, 0.15) is 22.5 Å². The van der Waals surface area contributed by atoms with Gasteiger partial charge in [0.1, 0.15) is 4.83 Å². The lowest BCUT2D eigenvalue weighted by Gasteiger charge is -2.29. The largest absolute Gasteiger partial charge is 0.357 e. The van der Waals surface area contributed by atoms with E-state index in [1.165, 1.54) is 30.0 Å². The minimum Gasteiger partial charge on any atom is -0.357 e. The van der Waals surface area contributed by atoms with Gasteiger partial charge in [-0.15, -0.1) is 11.3 Å². The van der Waals surface area contributed by atoms with Gasteiger partial charge in [-0.1, -0.05) is 23.5 Å². The van der Waals surface area contributed by atoms with E-state index in [2.05, 4.69) is 32.5 Å². The topological polar surface area (TPSA) is 70.2 Å². The first-order valence-electron chi connectivity index (χ1n) is 10.4. The molecule has 1 aliphatic rings. The predicted octanol–water partition coefficient (Wildman–Crippen LogP) is 5.32. The number of thiazole rings is 1. The third kappa shape index (κ3) is 4.64. The summed E-state index contributed by atoms with van der Waals surface area (Å²) in [6, 6.07) is 12.7. The van der Waals surface area contributed by atoms with Crippen LogP contribution in [0.5, 0.6) is 0 Å². The lowest BCUT2D eigenvalue weighted by atomic mass is 10.1. The molecular weight excluding hydrogens is 445 g/mol. The number of piperidine rings is 1. The summed E-state index contributed by atoms with van der Waals surface area (Å²) >= 11 is 3.00. The molecule has 1 fully saturated rings. The highest BCUT2D eigenvalue weighted by atomic mass is 32.1. The zero-order chi connectivity index (χ0) is 22.1. The molecule has 0 saturated carbocycles. The van der Waals surface area contributed by atoms with Crippen molar-refractivity contribution >= 4 is 48.9 Å². The van der Waals surface area contributed by atoms with Crippen molar-refractivity contribution in [2.24, 2.45) is 0 Å². The standard InChI is InChI=1S/C23H22FN5OS2/c1-29-10-2-3-17(13-29)27-23-28-22-19(32-23)11-18(31-22)21(30)26-16-7-4-14(5-8-16)15-6-9-20(24)25-12-15/h4-9,11-12,17H,2-3,10,13H2,1H3,(H,26,30)(H,27,28). The zero-order valence-corrected chi connectivity index (χ0v) is 19.1. The molecule has 0 radical (unpaired) electrons. The molecule has 0 bridgehead atoms. The van der Waals surface area contributed by atoms with E-state index >= 15 is 0 Å². The number of thiophene rings is 1. The molecule has 4 aromatic rings. The van der Waals surface area contributed by atoms with Crippen molar-refractivity contribution in [3.63, 3.8) is 0 Å². The fourth-order valence-electron chi connectivity index (χ4n) is 3.85. The summed E-state index contributed by atoms with van der Waals surface area (Å²) in [6.45, 7) is 2.17. The molecule has 4 heterocycles. The van der Waals surface area contributed by atoms with E-state index in [9.17, 15) is 9.18 Å². The van der Waals surface area contributed by atoms with Crippen LogP contribution in [0.25, 0.3) is 20.7 Å². The van der Waals surface area contributed by atoms with Gasteiger partial charge in [0.2, 0.25) is 5.95 Å². The first-order chi connectivity index (χ1) is 15.5. The Kier molecular flexibility index (Phi) is 5.86. The minimum atomic E-state index is -0.507. The number of amides is 1. The molecule has 6 nitrogen and oxygen atoms in total. The molecule has 3 aromatic heterocycles. The smallest absolute Gasteiger partial charge is 0.265 e. The predicted molar refractivity (Wildman–Crippen MR) is 129 cm³/mol. The molecule has 1 saturated heterocycles. The fourth-order valence-corrected chi connectivity index (χ4v) is 5.94. The number of anilines is 2. The highest BCUT2D eigenvalue weighted by molar-refractivity contribution is 7.29. The zero-order valence-electron chi connectivity index (χ0n) is 17.5. The molecular formula is C23H22FN5OS2. The summed E-state index contributed by atoms with van der Waals surface area (Å²) in [5.41, 5.74) is 2.42. The highest BCUT2D eigenvalue weighted by Crippen LogP contribution is 2.34. The van der Waals surface area contributed by atoms with Gasteiger partial charge >= 0.3 is 0 Å². The maximum atomic E-state index is 13.0. The van der Waals surface area contributed by atoms with E-state index in [0.29, 0.717) is 16.6 Å². The van der Waals surface area contributed by atoms with Crippen LogP contribution in [0.4, 0.5) is 15.2 Å². The molecule has 1 unspecified atom stereocenters. The van der Waals surface area contributed by atoms with E-state index in [1.807, 2.05) is 30.3 Å². The van der Waals surface area contributed by atoms with Crippen molar-refractivity contribution in [2.45, 2.75) is 18.9 Å². The molecule has 32 heavy (non-hydrogen) atoms. The van der Waals surface area contributed by atoms with Gasteiger partial charge in [0.25, 0.3) is 5.91 Å². The van der Waals surface area contributed by atoms with E-state index in [4.69, 9.17) is 0 Å². The summed E-state index contributed by atoms with van der Waals surface area (Å²) in [7, 11) is 2.15. The fraction of sp³-hybridized carbons (Fsp3) is 0.261. The van der Waals surface area contributed by atoms with E-state index in [0.717, 1.165) is 45.3 Å². The number of hydrogen-bond donors (Lipinski definition) is 2. The minimum absolute atomic E-state index is 0.153. The highest BCUT2D eigenvalue weighted by Gasteiger charge is 2.19. The number of halogens is 1. The van der Waals surface area contributed by atoms with E-state index in [-0.39, 0.29) is 5.91 Å².